The molecule has 0 saturated heterocycles. The summed E-state index contributed by atoms with van der Waals surface area (Å²) in [6, 6.07) is 3.86. The topological polar surface area (TPSA) is 50.2 Å². The number of aromatic nitrogens is 1. The van der Waals surface area contributed by atoms with Crippen LogP contribution >= 0.6 is 11.6 Å². The summed E-state index contributed by atoms with van der Waals surface area (Å²) in [5.41, 5.74) is 1.10. The molecule has 0 aromatic carbocycles. The van der Waals surface area contributed by atoms with Gasteiger partial charge in [-0.05, 0) is 31.4 Å². The number of aryl methyl sites for hydroxylation is 1. The van der Waals surface area contributed by atoms with Crippen molar-refractivity contribution in [2.75, 3.05) is 0 Å². The Morgan fingerprint density at radius 2 is 1.68 bits per heavy atom. The first-order chi connectivity index (χ1) is 9.18. The Hall–Kier alpha value is -1.09. The molecule has 0 aliphatic carbocycles. The zero-order chi connectivity index (χ0) is 13.9. The van der Waals surface area contributed by atoms with Crippen molar-refractivity contribution in [2.24, 2.45) is 0 Å². The predicted molar refractivity (Wildman–Crippen MR) is 77.5 cm³/mol. The molecule has 0 fully saturated rings. The van der Waals surface area contributed by atoms with Crippen LogP contribution in [-0.4, -0.2) is 16.1 Å². The molecular formula is C15H22ClNO2. The second-order valence-corrected chi connectivity index (χ2v) is 5.27. The van der Waals surface area contributed by atoms with Gasteiger partial charge in [-0.2, -0.15) is 0 Å². The lowest BCUT2D eigenvalue weighted by atomic mass is 10.1. The van der Waals surface area contributed by atoms with Crippen LogP contribution < -0.4 is 0 Å². The Kier molecular flexibility index (Phi) is 8.23. The zero-order valence-corrected chi connectivity index (χ0v) is 12.0. The Morgan fingerprint density at radius 3 is 2.26 bits per heavy atom. The summed E-state index contributed by atoms with van der Waals surface area (Å²) in [6.07, 6.45) is 10.8. The van der Waals surface area contributed by atoms with Crippen LogP contribution in [0.1, 0.15) is 57.1 Å². The standard InChI is InChI=1S/C15H22ClNO2/c16-13-10-11-14(17-12-13)8-6-4-2-1-3-5-7-9-15(18)19/h10-12H,1-9H2,(H,18,19). The smallest absolute Gasteiger partial charge is 0.303 e. The largest absolute Gasteiger partial charge is 0.481 e. The SMILES string of the molecule is O=C(O)CCCCCCCCCc1ccc(Cl)cn1. The number of carboxylic acids is 1. The Balaban J connectivity index is 1.91. The minimum atomic E-state index is -0.685. The van der Waals surface area contributed by atoms with E-state index in [0.717, 1.165) is 37.8 Å². The molecule has 3 nitrogen and oxygen atoms in total. The molecule has 0 amide bonds. The van der Waals surface area contributed by atoms with Crippen molar-refractivity contribution in [1.82, 2.24) is 4.98 Å². The van der Waals surface area contributed by atoms with Gasteiger partial charge < -0.3 is 5.11 Å². The molecule has 0 atom stereocenters. The van der Waals surface area contributed by atoms with E-state index < -0.39 is 5.97 Å². The van der Waals surface area contributed by atoms with E-state index in [-0.39, 0.29) is 0 Å². The van der Waals surface area contributed by atoms with Crippen LogP contribution in [0.25, 0.3) is 0 Å². The summed E-state index contributed by atoms with van der Waals surface area (Å²) in [4.78, 5) is 14.6. The summed E-state index contributed by atoms with van der Waals surface area (Å²) >= 11 is 5.78. The molecular weight excluding hydrogens is 262 g/mol. The molecule has 0 spiro atoms. The third kappa shape index (κ3) is 8.60. The third-order valence-electron chi connectivity index (χ3n) is 3.11. The average Bonchev–Trinajstić information content (AvgIpc) is 2.38. The first-order valence-electron chi connectivity index (χ1n) is 7.00. The maximum atomic E-state index is 10.3. The first-order valence-corrected chi connectivity index (χ1v) is 7.38. The molecule has 19 heavy (non-hydrogen) atoms. The molecule has 1 aromatic rings. The number of carboxylic acid groups (broad SMARTS) is 1. The molecule has 0 aliphatic rings. The summed E-state index contributed by atoms with van der Waals surface area (Å²) < 4.78 is 0. The van der Waals surface area contributed by atoms with E-state index in [9.17, 15) is 4.79 Å². The van der Waals surface area contributed by atoms with Gasteiger partial charge in [-0.25, -0.2) is 0 Å². The van der Waals surface area contributed by atoms with Gasteiger partial charge in [-0.15, -0.1) is 0 Å². The number of unbranched alkanes of at least 4 members (excludes halogenated alkanes) is 6. The van der Waals surface area contributed by atoms with Gasteiger partial charge in [0.05, 0.1) is 5.02 Å². The van der Waals surface area contributed by atoms with Gasteiger partial charge in [0.15, 0.2) is 0 Å². The quantitative estimate of drug-likeness (QED) is 0.644. The van der Waals surface area contributed by atoms with Gasteiger partial charge in [0.1, 0.15) is 0 Å². The van der Waals surface area contributed by atoms with Crippen molar-refractivity contribution >= 4 is 17.6 Å². The number of hydrogen-bond donors (Lipinski definition) is 1. The normalized spacial score (nSPS) is 10.6. The van der Waals surface area contributed by atoms with E-state index >= 15 is 0 Å². The number of rotatable bonds is 10. The summed E-state index contributed by atoms with van der Waals surface area (Å²) in [5.74, 6) is -0.685. The molecule has 1 rings (SSSR count). The Labute approximate surface area is 120 Å². The number of aliphatic carboxylic acids is 1. The number of hydrogen-bond acceptors (Lipinski definition) is 2. The van der Waals surface area contributed by atoms with Crippen LogP contribution in [0.2, 0.25) is 5.02 Å². The van der Waals surface area contributed by atoms with Gasteiger partial charge in [-0.3, -0.25) is 9.78 Å². The third-order valence-corrected chi connectivity index (χ3v) is 3.34. The maximum absolute atomic E-state index is 10.3. The van der Waals surface area contributed by atoms with Crippen LogP contribution in [0.4, 0.5) is 0 Å². The second-order valence-electron chi connectivity index (χ2n) is 4.84. The highest BCUT2D eigenvalue weighted by Gasteiger charge is 1.98. The van der Waals surface area contributed by atoms with E-state index in [1.54, 1.807) is 6.20 Å². The summed E-state index contributed by atoms with van der Waals surface area (Å²) in [6.45, 7) is 0. The zero-order valence-electron chi connectivity index (χ0n) is 11.3. The maximum Gasteiger partial charge on any atom is 0.303 e. The lowest BCUT2D eigenvalue weighted by Crippen LogP contribution is -1.93. The van der Waals surface area contributed by atoms with Crippen molar-refractivity contribution < 1.29 is 9.90 Å². The van der Waals surface area contributed by atoms with Crippen molar-refractivity contribution in [3.63, 3.8) is 0 Å². The fourth-order valence-corrected chi connectivity index (χ4v) is 2.13. The van der Waals surface area contributed by atoms with Gasteiger partial charge in [0, 0.05) is 18.3 Å². The van der Waals surface area contributed by atoms with Crippen LogP contribution in [0, 0.1) is 0 Å². The molecule has 0 unspecified atom stereocenters. The van der Waals surface area contributed by atoms with Gasteiger partial charge >= 0.3 is 5.97 Å². The lowest BCUT2D eigenvalue weighted by molar-refractivity contribution is -0.137. The van der Waals surface area contributed by atoms with Gasteiger partial charge in [-0.1, -0.05) is 43.7 Å². The molecule has 1 N–H and O–H groups in total. The fourth-order valence-electron chi connectivity index (χ4n) is 2.02. The van der Waals surface area contributed by atoms with Gasteiger partial charge in [0.25, 0.3) is 0 Å². The van der Waals surface area contributed by atoms with Crippen molar-refractivity contribution in [3.05, 3.63) is 29.0 Å². The van der Waals surface area contributed by atoms with Crippen molar-refractivity contribution in [2.45, 2.75) is 57.8 Å². The van der Waals surface area contributed by atoms with Crippen LogP contribution in [0.3, 0.4) is 0 Å². The minimum absolute atomic E-state index is 0.308. The highest BCUT2D eigenvalue weighted by molar-refractivity contribution is 6.30. The molecule has 0 radical (unpaired) electrons. The second kappa shape index (κ2) is 9.79. The minimum Gasteiger partial charge on any atom is -0.481 e. The Morgan fingerprint density at radius 1 is 1.05 bits per heavy atom. The van der Waals surface area contributed by atoms with Crippen molar-refractivity contribution in [1.29, 1.82) is 0 Å². The lowest BCUT2D eigenvalue weighted by Gasteiger charge is -2.02. The van der Waals surface area contributed by atoms with Crippen molar-refractivity contribution in [3.8, 4) is 0 Å². The Bertz CT molecular complexity index is 365. The van der Waals surface area contributed by atoms with E-state index in [1.165, 1.54) is 19.3 Å². The fraction of sp³-hybridized carbons (Fsp3) is 0.600. The average molecular weight is 284 g/mol. The molecule has 106 valence electrons. The number of pyridine rings is 1. The predicted octanol–water partition coefficient (Wildman–Crippen LogP) is 4.48. The number of nitrogens with zero attached hydrogens (tertiary/aromatic N) is 1. The number of carbonyl (C=O) groups is 1. The monoisotopic (exact) mass is 283 g/mol. The van der Waals surface area contributed by atoms with E-state index in [0.29, 0.717) is 11.4 Å². The van der Waals surface area contributed by atoms with Crippen LogP contribution in [0.15, 0.2) is 18.3 Å². The molecule has 1 aromatic heterocycles. The highest BCUT2D eigenvalue weighted by atomic mass is 35.5. The molecule has 0 bridgehead atoms. The molecule has 4 heteroatoms. The van der Waals surface area contributed by atoms with E-state index in [1.807, 2.05) is 12.1 Å². The van der Waals surface area contributed by atoms with E-state index in [2.05, 4.69) is 4.98 Å². The van der Waals surface area contributed by atoms with Crippen LogP contribution in [0.5, 0.6) is 0 Å². The molecule has 1 heterocycles. The molecule has 0 saturated carbocycles. The van der Waals surface area contributed by atoms with Crippen LogP contribution in [-0.2, 0) is 11.2 Å². The first kappa shape index (κ1) is 16.0. The molecule has 0 aliphatic heterocycles. The number of halogens is 1. The highest BCUT2D eigenvalue weighted by Crippen LogP contribution is 2.12. The van der Waals surface area contributed by atoms with E-state index in [4.69, 9.17) is 16.7 Å². The summed E-state index contributed by atoms with van der Waals surface area (Å²) in [5, 5.41) is 9.18. The summed E-state index contributed by atoms with van der Waals surface area (Å²) in [7, 11) is 0. The van der Waals surface area contributed by atoms with Gasteiger partial charge in [0.2, 0.25) is 0 Å².